The number of fused-ring (bicyclic) bond motifs is 1. The number of para-hydroxylation sites is 1. The number of H-pyrrole nitrogens is 1. The molecule has 0 aliphatic heterocycles. The van der Waals surface area contributed by atoms with Gasteiger partial charge in [0.05, 0.1) is 16.9 Å². The van der Waals surface area contributed by atoms with Crippen LogP contribution in [0.15, 0.2) is 76.7 Å². The van der Waals surface area contributed by atoms with Crippen LogP contribution < -0.4 is 10.8 Å². The second kappa shape index (κ2) is 12.7. The number of hydrogen-bond acceptors (Lipinski definition) is 6. The zero-order valence-corrected chi connectivity index (χ0v) is 20.2. The van der Waals surface area contributed by atoms with Crippen molar-refractivity contribution in [2.75, 3.05) is 11.9 Å². The van der Waals surface area contributed by atoms with Crippen LogP contribution in [0.2, 0.25) is 0 Å². The summed E-state index contributed by atoms with van der Waals surface area (Å²) in [6.45, 7) is 0.870. The van der Waals surface area contributed by atoms with Crippen molar-refractivity contribution >= 4 is 46.4 Å². The molecule has 0 unspecified atom stereocenters. The number of carbonyl (C=O) groups excluding carboxylic acids is 1. The first-order valence-corrected chi connectivity index (χ1v) is 12.6. The Labute approximate surface area is 209 Å². The lowest BCUT2D eigenvalue weighted by atomic mass is 10.1. The van der Waals surface area contributed by atoms with E-state index in [1.807, 2.05) is 36.4 Å². The van der Waals surface area contributed by atoms with Crippen LogP contribution in [0.3, 0.4) is 0 Å². The van der Waals surface area contributed by atoms with E-state index in [2.05, 4.69) is 56.9 Å². The highest BCUT2D eigenvalue weighted by molar-refractivity contribution is 7.99. The summed E-state index contributed by atoms with van der Waals surface area (Å²) < 4.78 is 0. The summed E-state index contributed by atoms with van der Waals surface area (Å²) in [7, 11) is 0. The first-order chi connectivity index (χ1) is 17.2. The maximum Gasteiger partial charge on any atom is 0.243 e. The van der Waals surface area contributed by atoms with Gasteiger partial charge in [0.15, 0.2) is 0 Å². The second-order valence-corrected chi connectivity index (χ2v) is 9.24. The summed E-state index contributed by atoms with van der Waals surface area (Å²) in [5, 5.41) is 20.8. The molecular formula is C27H29N5O2S. The largest absolute Gasteiger partial charge is 0.384 e. The third kappa shape index (κ3) is 7.18. The van der Waals surface area contributed by atoms with Crippen molar-refractivity contribution in [1.82, 2.24) is 20.7 Å². The molecule has 0 saturated heterocycles. The van der Waals surface area contributed by atoms with E-state index in [-0.39, 0.29) is 5.91 Å². The van der Waals surface area contributed by atoms with E-state index < -0.39 is 0 Å². The minimum Gasteiger partial charge on any atom is -0.384 e. The molecule has 2 aromatic carbocycles. The molecule has 0 fully saturated rings. The van der Waals surface area contributed by atoms with Crippen molar-refractivity contribution in [3.05, 3.63) is 78.2 Å². The smallest absolute Gasteiger partial charge is 0.243 e. The van der Waals surface area contributed by atoms with Gasteiger partial charge in [0.25, 0.3) is 0 Å². The Bertz CT molecular complexity index is 1270. The van der Waals surface area contributed by atoms with Crippen molar-refractivity contribution in [3.63, 3.8) is 0 Å². The average molecular weight is 488 g/mol. The highest BCUT2D eigenvalue weighted by atomic mass is 32.2. The lowest BCUT2D eigenvalue weighted by Crippen LogP contribution is -2.17. The summed E-state index contributed by atoms with van der Waals surface area (Å²) in [4.78, 5) is 17.7. The number of nitrogens with one attached hydrogen (secondary N) is 3. The Hall–Kier alpha value is -3.62. The molecule has 4 N–H and O–H groups in total. The molecule has 7 nitrogen and oxygen atoms in total. The van der Waals surface area contributed by atoms with Gasteiger partial charge in [-0.2, -0.15) is 5.10 Å². The van der Waals surface area contributed by atoms with Gasteiger partial charge in [-0.15, -0.1) is 0 Å². The third-order valence-corrected chi connectivity index (χ3v) is 6.61. The van der Waals surface area contributed by atoms with E-state index in [1.54, 1.807) is 23.4 Å². The molecule has 4 rings (SSSR count). The highest BCUT2D eigenvalue weighted by Crippen LogP contribution is 2.35. The van der Waals surface area contributed by atoms with E-state index in [4.69, 9.17) is 5.21 Å². The van der Waals surface area contributed by atoms with Gasteiger partial charge in [-0.25, -0.2) is 5.48 Å². The number of carbonyl (C=O) groups is 1. The van der Waals surface area contributed by atoms with Gasteiger partial charge in [0.2, 0.25) is 5.91 Å². The number of aromatic nitrogens is 3. The lowest BCUT2D eigenvalue weighted by molar-refractivity contribution is -0.129. The molecule has 0 spiro atoms. The van der Waals surface area contributed by atoms with Gasteiger partial charge < -0.3 is 5.32 Å². The normalized spacial score (nSPS) is 11.2. The number of nitrogens with zero attached hydrogens (tertiary/aromatic N) is 2. The summed E-state index contributed by atoms with van der Waals surface area (Å²) in [6, 6.07) is 20.5. The molecule has 0 saturated carbocycles. The van der Waals surface area contributed by atoms with Crippen LogP contribution in [0.25, 0.3) is 23.1 Å². The van der Waals surface area contributed by atoms with E-state index in [9.17, 15) is 4.79 Å². The minimum atomic E-state index is -0.320. The molecule has 180 valence electrons. The van der Waals surface area contributed by atoms with Crippen LogP contribution in [-0.2, 0) is 4.79 Å². The van der Waals surface area contributed by atoms with Gasteiger partial charge in [0, 0.05) is 40.0 Å². The number of unbranched alkanes of at least 4 members (excludes halogenated alkanes) is 3. The molecule has 0 atom stereocenters. The first kappa shape index (κ1) is 24.5. The molecule has 0 radical (unpaired) electrons. The number of pyridine rings is 1. The number of amides is 1. The van der Waals surface area contributed by atoms with Crippen LogP contribution >= 0.6 is 11.8 Å². The zero-order chi connectivity index (χ0) is 24.3. The molecule has 0 aliphatic rings. The van der Waals surface area contributed by atoms with Crippen LogP contribution in [0.5, 0.6) is 0 Å². The van der Waals surface area contributed by atoms with Crippen LogP contribution in [0.4, 0.5) is 5.69 Å². The molecule has 2 aromatic heterocycles. The first-order valence-electron chi connectivity index (χ1n) is 11.7. The van der Waals surface area contributed by atoms with Crippen LogP contribution in [0, 0.1) is 0 Å². The quantitative estimate of drug-likeness (QED) is 0.109. The molecule has 8 heteroatoms. The van der Waals surface area contributed by atoms with Gasteiger partial charge in [0.1, 0.15) is 0 Å². The molecule has 35 heavy (non-hydrogen) atoms. The van der Waals surface area contributed by atoms with E-state index >= 15 is 0 Å². The van der Waals surface area contributed by atoms with Gasteiger partial charge >= 0.3 is 0 Å². The molecule has 1 amide bonds. The summed E-state index contributed by atoms with van der Waals surface area (Å²) in [6.07, 6.45) is 9.90. The SMILES string of the molecule is O=C(CCCCCCNc1ccccc1Sc1ccc2c(C=Cc3ccccn3)n[nH]c2c1)NO. The third-order valence-electron chi connectivity index (χ3n) is 5.55. The van der Waals surface area contributed by atoms with E-state index in [0.29, 0.717) is 6.42 Å². The van der Waals surface area contributed by atoms with Crippen molar-refractivity contribution in [2.24, 2.45) is 0 Å². The lowest BCUT2D eigenvalue weighted by Gasteiger charge is -2.12. The number of rotatable bonds is 12. The maximum atomic E-state index is 11.0. The molecule has 2 heterocycles. The Balaban J connectivity index is 1.33. The van der Waals surface area contributed by atoms with Crippen molar-refractivity contribution in [1.29, 1.82) is 0 Å². The van der Waals surface area contributed by atoms with Gasteiger partial charge in [-0.3, -0.25) is 20.1 Å². The predicted molar refractivity (Wildman–Crippen MR) is 141 cm³/mol. The zero-order valence-electron chi connectivity index (χ0n) is 19.4. The Kier molecular flexibility index (Phi) is 8.91. The Morgan fingerprint density at radius 1 is 1.00 bits per heavy atom. The molecule has 4 aromatic rings. The second-order valence-electron chi connectivity index (χ2n) is 8.13. The fourth-order valence-corrected chi connectivity index (χ4v) is 4.68. The average Bonchev–Trinajstić information content (AvgIpc) is 3.30. The predicted octanol–water partition coefficient (Wildman–Crippen LogP) is 6.15. The number of anilines is 1. The Morgan fingerprint density at radius 2 is 1.86 bits per heavy atom. The maximum absolute atomic E-state index is 11.0. The van der Waals surface area contributed by atoms with E-state index in [0.717, 1.165) is 65.1 Å². The van der Waals surface area contributed by atoms with Crippen molar-refractivity contribution < 1.29 is 10.0 Å². The standard InChI is InChI=1S/C27H29N5O2S/c33-27(32-34)12-3-1-2-7-18-29-24-10-4-5-11-26(24)35-21-14-15-22-23(30-31-25(22)19-21)16-13-20-9-6-8-17-28-20/h4-6,8-11,13-17,19,29,34H,1-3,7,12,18H2,(H,30,31)(H,32,33). The highest BCUT2D eigenvalue weighted by Gasteiger charge is 2.08. The topological polar surface area (TPSA) is 103 Å². The van der Waals surface area contributed by atoms with Gasteiger partial charge in [-0.05, 0) is 67.5 Å². The molecular weight excluding hydrogens is 458 g/mol. The van der Waals surface area contributed by atoms with Crippen molar-refractivity contribution in [3.8, 4) is 0 Å². The Morgan fingerprint density at radius 3 is 2.71 bits per heavy atom. The summed E-state index contributed by atoms with van der Waals surface area (Å²) >= 11 is 1.72. The number of aromatic amines is 1. The van der Waals surface area contributed by atoms with Crippen LogP contribution in [0.1, 0.15) is 43.5 Å². The summed E-state index contributed by atoms with van der Waals surface area (Å²) in [5.41, 5.74) is 5.57. The monoisotopic (exact) mass is 487 g/mol. The minimum absolute atomic E-state index is 0.320. The summed E-state index contributed by atoms with van der Waals surface area (Å²) in [5.74, 6) is -0.320. The fourth-order valence-electron chi connectivity index (χ4n) is 3.72. The number of hydrogen-bond donors (Lipinski definition) is 4. The molecule has 0 aliphatic carbocycles. The van der Waals surface area contributed by atoms with E-state index in [1.165, 1.54) is 4.90 Å². The van der Waals surface area contributed by atoms with Gasteiger partial charge in [-0.1, -0.05) is 42.8 Å². The van der Waals surface area contributed by atoms with Crippen LogP contribution in [-0.4, -0.2) is 32.8 Å². The fraction of sp³-hybridized carbons (Fsp3) is 0.222. The van der Waals surface area contributed by atoms with Crippen molar-refractivity contribution in [2.45, 2.75) is 41.9 Å². The molecule has 0 bridgehead atoms. The number of benzene rings is 2. The number of hydroxylamine groups is 1.